The Kier molecular flexibility index (Phi) is 4.19. The molecule has 2 N–H and O–H groups in total. The predicted octanol–water partition coefficient (Wildman–Crippen LogP) is 1.98. The van der Waals surface area contributed by atoms with E-state index in [1.54, 1.807) is 12.1 Å². The maximum atomic E-state index is 12.5. The zero-order chi connectivity index (χ0) is 17.5. The minimum absolute atomic E-state index is 0.218. The van der Waals surface area contributed by atoms with Crippen LogP contribution >= 0.6 is 0 Å². The lowest BCUT2D eigenvalue weighted by molar-refractivity contribution is 0.165. The molecule has 0 saturated carbocycles. The van der Waals surface area contributed by atoms with Crippen molar-refractivity contribution in [1.29, 1.82) is 0 Å². The quantitative estimate of drug-likeness (QED) is 0.804. The van der Waals surface area contributed by atoms with Crippen molar-refractivity contribution in [2.45, 2.75) is 29.8 Å². The molecule has 0 bridgehead atoms. The first-order valence-electron chi connectivity index (χ1n) is 8.67. The van der Waals surface area contributed by atoms with Gasteiger partial charge in [0.2, 0.25) is 0 Å². The molecule has 6 nitrogen and oxygen atoms in total. The molecular weight excluding hydrogens is 336 g/mol. The minimum atomic E-state index is -3.44. The van der Waals surface area contributed by atoms with Crippen LogP contribution in [0, 0.1) is 0 Å². The summed E-state index contributed by atoms with van der Waals surface area (Å²) in [5.41, 5.74) is 1.80. The molecule has 0 aliphatic carbocycles. The third-order valence-corrected chi connectivity index (χ3v) is 6.89. The molecular formula is C18H24N4O2S. The fraction of sp³-hybridized carbons (Fsp3) is 0.444. The molecule has 0 amide bonds. The first-order chi connectivity index (χ1) is 12.0. The van der Waals surface area contributed by atoms with Crippen molar-refractivity contribution < 1.29 is 8.76 Å². The SMILES string of the molecule is Cn1cccc1CN1CCC2(CC1)CN[S+](=O)([O-])c1ccccc1N2. The fourth-order valence-corrected chi connectivity index (χ4v) is 5.06. The maximum absolute atomic E-state index is 12.5. The number of nitrogens with one attached hydrogen (secondary N) is 2. The molecule has 7 heteroatoms. The zero-order valence-corrected chi connectivity index (χ0v) is 15.2. The summed E-state index contributed by atoms with van der Waals surface area (Å²) in [4.78, 5) is 2.78. The summed E-state index contributed by atoms with van der Waals surface area (Å²) < 4.78 is 29.9. The highest BCUT2D eigenvalue weighted by Gasteiger charge is 2.41. The number of likely N-dealkylation sites (tertiary alicyclic amines) is 1. The van der Waals surface area contributed by atoms with E-state index < -0.39 is 10.4 Å². The molecule has 134 valence electrons. The fourth-order valence-electron chi connectivity index (χ4n) is 3.78. The zero-order valence-electron chi connectivity index (χ0n) is 14.4. The number of hydrogen-bond donors (Lipinski definition) is 2. The normalized spacial score (nSPS) is 26.0. The number of aryl methyl sites for hydroxylation is 1. The molecule has 1 saturated heterocycles. The predicted molar refractivity (Wildman–Crippen MR) is 97.8 cm³/mol. The molecule has 1 spiro atoms. The topological polar surface area (TPSA) is 72.4 Å². The van der Waals surface area contributed by atoms with E-state index in [0.29, 0.717) is 17.1 Å². The van der Waals surface area contributed by atoms with Crippen LogP contribution in [0.5, 0.6) is 0 Å². The van der Waals surface area contributed by atoms with Gasteiger partial charge in [-0.05, 0) is 37.1 Å². The highest BCUT2D eigenvalue weighted by atomic mass is 32.3. The number of hydrogen-bond acceptors (Lipinski definition) is 4. The van der Waals surface area contributed by atoms with Crippen molar-refractivity contribution >= 4 is 16.1 Å². The number of rotatable bonds is 2. The van der Waals surface area contributed by atoms with Crippen molar-refractivity contribution in [3.05, 3.63) is 48.3 Å². The summed E-state index contributed by atoms with van der Waals surface area (Å²) in [6.07, 6.45) is 3.89. The van der Waals surface area contributed by atoms with Gasteiger partial charge in [0.25, 0.3) is 0 Å². The summed E-state index contributed by atoms with van der Waals surface area (Å²) in [6, 6.07) is 11.4. The van der Waals surface area contributed by atoms with Crippen LogP contribution in [-0.2, 0) is 28.2 Å². The molecule has 1 fully saturated rings. The summed E-state index contributed by atoms with van der Waals surface area (Å²) in [5.74, 6) is 0. The largest absolute Gasteiger partial charge is 0.593 e. The lowest BCUT2D eigenvalue weighted by atomic mass is 9.87. The van der Waals surface area contributed by atoms with Crippen LogP contribution < -0.4 is 10.0 Å². The first-order valence-corrected chi connectivity index (χ1v) is 10.2. The Bertz CT molecular complexity index is 811. The summed E-state index contributed by atoms with van der Waals surface area (Å²) in [5, 5.41) is 3.55. The van der Waals surface area contributed by atoms with Crippen LogP contribution in [0.4, 0.5) is 5.69 Å². The molecule has 4 rings (SSSR count). The van der Waals surface area contributed by atoms with E-state index in [1.165, 1.54) is 5.69 Å². The number of sulfonamides is 1. The Morgan fingerprint density at radius 3 is 2.68 bits per heavy atom. The molecule has 2 aliphatic heterocycles. The Balaban J connectivity index is 1.49. The monoisotopic (exact) mass is 360 g/mol. The Hall–Kier alpha value is -1.67. The van der Waals surface area contributed by atoms with Gasteiger partial charge in [-0.1, -0.05) is 16.3 Å². The second-order valence-electron chi connectivity index (χ2n) is 7.11. The van der Waals surface area contributed by atoms with Gasteiger partial charge < -0.3 is 14.4 Å². The van der Waals surface area contributed by atoms with E-state index in [2.05, 4.69) is 44.9 Å². The minimum Gasteiger partial charge on any atom is -0.593 e. The molecule has 0 radical (unpaired) electrons. The van der Waals surface area contributed by atoms with Crippen molar-refractivity contribution in [2.75, 3.05) is 25.0 Å². The van der Waals surface area contributed by atoms with Crippen LogP contribution in [0.1, 0.15) is 18.5 Å². The number of anilines is 1. The van der Waals surface area contributed by atoms with Gasteiger partial charge >= 0.3 is 0 Å². The number of aromatic nitrogens is 1. The summed E-state index contributed by atoms with van der Waals surface area (Å²) in [6.45, 7) is 3.26. The van der Waals surface area contributed by atoms with Crippen molar-refractivity contribution in [1.82, 2.24) is 14.2 Å². The molecule has 1 aromatic heterocycles. The van der Waals surface area contributed by atoms with Gasteiger partial charge in [-0.2, -0.15) is 0 Å². The van der Waals surface area contributed by atoms with Gasteiger partial charge in [0.05, 0.1) is 17.8 Å². The van der Waals surface area contributed by atoms with Gasteiger partial charge in [0, 0.05) is 38.6 Å². The second-order valence-corrected chi connectivity index (χ2v) is 8.85. The maximum Gasteiger partial charge on any atom is 0.198 e. The molecule has 2 aromatic rings. The average molecular weight is 360 g/mol. The molecule has 1 atom stereocenters. The van der Waals surface area contributed by atoms with E-state index in [0.717, 1.165) is 32.5 Å². The van der Waals surface area contributed by atoms with Crippen molar-refractivity contribution in [3.63, 3.8) is 0 Å². The van der Waals surface area contributed by atoms with Gasteiger partial charge in [0.15, 0.2) is 15.3 Å². The van der Waals surface area contributed by atoms with Gasteiger partial charge in [-0.3, -0.25) is 4.90 Å². The van der Waals surface area contributed by atoms with E-state index in [9.17, 15) is 8.76 Å². The van der Waals surface area contributed by atoms with Crippen molar-refractivity contribution in [2.24, 2.45) is 7.05 Å². The summed E-state index contributed by atoms with van der Waals surface area (Å²) >= 11 is 0. The highest BCUT2D eigenvalue weighted by Crippen LogP contribution is 2.34. The number of para-hydroxylation sites is 1. The van der Waals surface area contributed by atoms with Gasteiger partial charge in [-0.15, -0.1) is 4.72 Å². The molecule has 3 heterocycles. The number of piperidine rings is 1. The molecule has 2 aliphatic rings. The molecule has 25 heavy (non-hydrogen) atoms. The Morgan fingerprint density at radius 1 is 1.20 bits per heavy atom. The second kappa shape index (κ2) is 6.25. The van der Waals surface area contributed by atoms with Crippen LogP contribution in [0.15, 0.2) is 47.5 Å². The lowest BCUT2D eigenvalue weighted by Crippen LogP contribution is -2.54. The Morgan fingerprint density at radius 2 is 1.96 bits per heavy atom. The van der Waals surface area contributed by atoms with Crippen molar-refractivity contribution in [3.8, 4) is 0 Å². The average Bonchev–Trinajstić information content (AvgIpc) is 2.96. The third kappa shape index (κ3) is 3.25. The molecule has 1 aromatic carbocycles. The van der Waals surface area contributed by atoms with Crippen LogP contribution in [-0.4, -0.2) is 39.2 Å². The van der Waals surface area contributed by atoms with E-state index in [1.807, 2.05) is 12.1 Å². The van der Waals surface area contributed by atoms with E-state index in [4.69, 9.17) is 0 Å². The first kappa shape index (κ1) is 16.8. The lowest BCUT2D eigenvalue weighted by Gasteiger charge is -2.41. The van der Waals surface area contributed by atoms with Crippen LogP contribution in [0.25, 0.3) is 0 Å². The van der Waals surface area contributed by atoms with Crippen LogP contribution in [0.2, 0.25) is 0 Å². The van der Waals surface area contributed by atoms with E-state index >= 15 is 0 Å². The third-order valence-electron chi connectivity index (χ3n) is 5.43. The summed E-state index contributed by atoms with van der Waals surface area (Å²) in [7, 11) is -1.37. The molecule has 1 unspecified atom stereocenters. The number of benzene rings is 1. The standard InChI is InChI=1S/C18H24N4O2S/c1-21-10-4-5-15(21)13-22-11-8-18(9-12-22)14-19-25(23,24)17-7-3-2-6-16(17)20-18/h2-7,10,20H,8-9,11-14H2,1H3,(H-,19,23,24). The Labute approximate surface area is 149 Å². The number of fused-ring (bicyclic) bond motifs is 1. The van der Waals surface area contributed by atoms with Gasteiger partial charge in [0.1, 0.15) is 0 Å². The van der Waals surface area contributed by atoms with Gasteiger partial charge in [-0.25, -0.2) is 0 Å². The number of nitrogens with zero attached hydrogens (tertiary/aromatic N) is 2. The van der Waals surface area contributed by atoms with E-state index in [-0.39, 0.29) is 5.54 Å². The highest BCUT2D eigenvalue weighted by molar-refractivity contribution is 7.96. The van der Waals surface area contributed by atoms with Crippen LogP contribution in [0.3, 0.4) is 0 Å². The smallest absolute Gasteiger partial charge is 0.198 e.